The van der Waals surface area contributed by atoms with Crippen LogP contribution in [0, 0.1) is 5.92 Å². The summed E-state index contributed by atoms with van der Waals surface area (Å²) in [6, 6.07) is 0. The van der Waals surface area contributed by atoms with Gasteiger partial charge in [-0.1, -0.05) is 45.1 Å². The Morgan fingerprint density at radius 1 is 1.36 bits per heavy atom. The summed E-state index contributed by atoms with van der Waals surface area (Å²) in [4.78, 5) is 0. The largest absolute Gasteiger partial charge is 0.114 e. The molecule has 0 unspecified atom stereocenters. The van der Waals surface area contributed by atoms with Gasteiger partial charge in [0.25, 0.3) is 0 Å². The van der Waals surface area contributed by atoms with Crippen LogP contribution in [0.15, 0.2) is 12.7 Å². The molecule has 1 atom stereocenters. The van der Waals surface area contributed by atoms with Crippen LogP contribution in [0.25, 0.3) is 0 Å². The Morgan fingerprint density at radius 3 is 2.36 bits per heavy atom. The van der Waals surface area contributed by atoms with E-state index in [0.717, 1.165) is 5.92 Å². The minimum Gasteiger partial charge on any atom is -0.103 e. The first-order valence-electron chi connectivity index (χ1n) is 4.80. The van der Waals surface area contributed by atoms with Crippen LogP contribution < -0.4 is 0 Å². The topological polar surface area (TPSA) is 0 Å². The SMILES string of the molecule is B[C@@](C)(C=C)C1CCCCC1. The van der Waals surface area contributed by atoms with Crippen LogP contribution in [0.1, 0.15) is 39.0 Å². The van der Waals surface area contributed by atoms with Gasteiger partial charge in [-0.15, -0.1) is 6.58 Å². The van der Waals surface area contributed by atoms with E-state index in [4.69, 9.17) is 0 Å². The molecule has 1 rings (SSSR count). The van der Waals surface area contributed by atoms with Crippen LogP contribution in [-0.2, 0) is 0 Å². The molecule has 1 heteroatoms. The van der Waals surface area contributed by atoms with E-state index in [2.05, 4.69) is 27.4 Å². The van der Waals surface area contributed by atoms with Crippen LogP contribution in [0.5, 0.6) is 0 Å². The second kappa shape index (κ2) is 3.47. The van der Waals surface area contributed by atoms with Gasteiger partial charge >= 0.3 is 0 Å². The lowest BCUT2D eigenvalue weighted by atomic mass is 9.58. The quantitative estimate of drug-likeness (QED) is 0.419. The monoisotopic (exact) mass is 150 g/mol. The lowest BCUT2D eigenvalue weighted by Crippen LogP contribution is -2.20. The maximum absolute atomic E-state index is 3.91. The lowest BCUT2D eigenvalue weighted by molar-refractivity contribution is 0.311. The molecule has 0 aromatic rings. The summed E-state index contributed by atoms with van der Waals surface area (Å²) in [6.07, 6.45) is 9.27. The van der Waals surface area contributed by atoms with Crippen molar-refractivity contribution in [3.63, 3.8) is 0 Å². The molecule has 0 heterocycles. The normalized spacial score (nSPS) is 25.9. The fourth-order valence-corrected chi connectivity index (χ4v) is 2.01. The highest BCUT2D eigenvalue weighted by molar-refractivity contribution is 6.16. The average Bonchev–Trinajstić information content (AvgIpc) is 2.06. The van der Waals surface area contributed by atoms with E-state index in [1.54, 1.807) is 0 Å². The molecule has 0 N–H and O–H groups in total. The first-order valence-corrected chi connectivity index (χ1v) is 4.80. The van der Waals surface area contributed by atoms with Crippen molar-refractivity contribution in [2.24, 2.45) is 5.92 Å². The average molecular weight is 150 g/mol. The van der Waals surface area contributed by atoms with Gasteiger partial charge in [0.2, 0.25) is 0 Å². The van der Waals surface area contributed by atoms with Crippen molar-refractivity contribution in [3.05, 3.63) is 12.7 Å². The highest BCUT2D eigenvalue weighted by atomic mass is 14.3. The molecule has 0 spiro atoms. The highest BCUT2D eigenvalue weighted by Crippen LogP contribution is 2.41. The van der Waals surface area contributed by atoms with Crippen LogP contribution in [0.4, 0.5) is 0 Å². The molecule has 0 saturated heterocycles. The molecular formula is C10H19B. The lowest BCUT2D eigenvalue weighted by Gasteiger charge is -2.34. The third-order valence-electron chi connectivity index (χ3n) is 3.18. The van der Waals surface area contributed by atoms with E-state index in [9.17, 15) is 0 Å². The minimum absolute atomic E-state index is 0.375. The minimum atomic E-state index is 0.375. The van der Waals surface area contributed by atoms with Gasteiger partial charge in [-0.25, -0.2) is 0 Å². The summed E-state index contributed by atoms with van der Waals surface area (Å²) >= 11 is 0. The molecule has 1 fully saturated rings. The third kappa shape index (κ3) is 2.11. The fraction of sp³-hybridized carbons (Fsp3) is 0.800. The van der Waals surface area contributed by atoms with Crippen LogP contribution >= 0.6 is 0 Å². The molecule has 0 amide bonds. The van der Waals surface area contributed by atoms with Crippen molar-refractivity contribution in [2.45, 2.75) is 44.3 Å². The molecule has 0 radical (unpaired) electrons. The Bertz CT molecular complexity index is 132. The van der Waals surface area contributed by atoms with Crippen molar-refractivity contribution in [3.8, 4) is 0 Å². The van der Waals surface area contributed by atoms with Gasteiger partial charge in [-0.3, -0.25) is 0 Å². The zero-order chi connectivity index (χ0) is 8.32. The van der Waals surface area contributed by atoms with Crippen molar-refractivity contribution in [2.75, 3.05) is 0 Å². The molecule has 1 aliphatic carbocycles. The Balaban J connectivity index is 2.50. The molecule has 1 aliphatic rings. The molecular weight excluding hydrogens is 131 g/mol. The second-order valence-electron chi connectivity index (χ2n) is 4.36. The Hall–Kier alpha value is -0.195. The summed E-state index contributed by atoms with van der Waals surface area (Å²) in [5, 5.41) is 0.375. The van der Waals surface area contributed by atoms with Crippen molar-refractivity contribution >= 4 is 7.85 Å². The standard InChI is InChI=1S/C10H19B/c1-3-10(2,11)9-7-5-4-6-8-9/h3,9H,1,4-8,11H2,2H3/t10-/m0/s1. The molecule has 62 valence electrons. The fourth-order valence-electron chi connectivity index (χ4n) is 2.01. The van der Waals surface area contributed by atoms with E-state index in [1.807, 2.05) is 0 Å². The van der Waals surface area contributed by atoms with E-state index in [0.29, 0.717) is 5.31 Å². The molecule has 1 saturated carbocycles. The summed E-state index contributed by atoms with van der Waals surface area (Å²) in [6.45, 7) is 6.22. The zero-order valence-electron chi connectivity index (χ0n) is 7.90. The number of rotatable bonds is 2. The molecule has 11 heavy (non-hydrogen) atoms. The second-order valence-corrected chi connectivity index (χ2v) is 4.36. The molecule has 0 aliphatic heterocycles. The molecule has 0 aromatic heterocycles. The van der Waals surface area contributed by atoms with Gasteiger partial charge in [0.15, 0.2) is 0 Å². The summed E-state index contributed by atoms with van der Waals surface area (Å²) in [5.74, 6) is 0.897. The number of allylic oxidation sites excluding steroid dienone is 1. The predicted octanol–water partition coefficient (Wildman–Crippen LogP) is 2.56. The van der Waals surface area contributed by atoms with E-state index < -0.39 is 0 Å². The summed E-state index contributed by atoms with van der Waals surface area (Å²) < 4.78 is 0. The van der Waals surface area contributed by atoms with Gasteiger partial charge in [-0.05, 0) is 11.2 Å². The zero-order valence-corrected chi connectivity index (χ0v) is 7.90. The van der Waals surface area contributed by atoms with Crippen LogP contribution in [0.2, 0.25) is 5.31 Å². The smallest absolute Gasteiger partial charge is 0.103 e. The summed E-state index contributed by atoms with van der Waals surface area (Å²) in [5.41, 5.74) is 0. The van der Waals surface area contributed by atoms with Crippen molar-refractivity contribution in [1.29, 1.82) is 0 Å². The van der Waals surface area contributed by atoms with Gasteiger partial charge in [0.1, 0.15) is 7.85 Å². The Morgan fingerprint density at radius 2 is 1.91 bits per heavy atom. The maximum Gasteiger partial charge on any atom is 0.114 e. The van der Waals surface area contributed by atoms with Crippen LogP contribution in [-0.4, -0.2) is 7.85 Å². The summed E-state index contributed by atoms with van der Waals surface area (Å²) in [7, 11) is 2.32. The first kappa shape index (κ1) is 8.90. The van der Waals surface area contributed by atoms with E-state index in [-0.39, 0.29) is 0 Å². The predicted molar refractivity (Wildman–Crippen MR) is 53.7 cm³/mol. The van der Waals surface area contributed by atoms with Crippen LogP contribution in [0.3, 0.4) is 0 Å². The molecule has 0 bridgehead atoms. The Kier molecular flexibility index (Phi) is 2.81. The number of hydrogen-bond acceptors (Lipinski definition) is 0. The highest BCUT2D eigenvalue weighted by Gasteiger charge is 2.27. The van der Waals surface area contributed by atoms with E-state index >= 15 is 0 Å². The maximum atomic E-state index is 3.91. The van der Waals surface area contributed by atoms with Gasteiger partial charge in [-0.2, -0.15) is 0 Å². The molecule has 0 nitrogen and oxygen atoms in total. The van der Waals surface area contributed by atoms with Gasteiger partial charge < -0.3 is 0 Å². The Labute approximate surface area is 71.5 Å². The van der Waals surface area contributed by atoms with Gasteiger partial charge in [0, 0.05) is 0 Å². The third-order valence-corrected chi connectivity index (χ3v) is 3.18. The number of hydrogen-bond donors (Lipinski definition) is 0. The van der Waals surface area contributed by atoms with E-state index in [1.165, 1.54) is 32.1 Å². The first-order chi connectivity index (χ1) is 5.17. The molecule has 0 aromatic carbocycles. The van der Waals surface area contributed by atoms with Gasteiger partial charge in [0.05, 0.1) is 0 Å². The van der Waals surface area contributed by atoms with Crippen molar-refractivity contribution in [1.82, 2.24) is 0 Å². The van der Waals surface area contributed by atoms with Crippen molar-refractivity contribution < 1.29 is 0 Å².